The van der Waals surface area contributed by atoms with Crippen LogP contribution in [0.2, 0.25) is 0 Å². The molecule has 2 aromatic carbocycles. The molecular formula is C22H26F3NO5. The van der Waals surface area contributed by atoms with Crippen molar-refractivity contribution in [2.75, 3.05) is 13.2 Å². The molecule has 9 heteroatoms. The first-order valence-corrected chi connectivity index (χ1v) is 9.67. The minimum Gasteiger partial charge on any atom is -0.494 e. The molecule has 0 bridgehead atoms. The average molecular weight is 441 g/mol. The molecular weight excluding hydrogens is 415 g/mol. The van der Waals surface area contributed by atoms with Crippen LogP contribution in [-0.4, -0.2) is 41.5 Å². The van der Waals surface area contributed by atoms with Crippen LogP contribution in [0.4, 0.5) is 13.2 Å². The van der Waals surface area contributed by atoms with Gasteiger partial charge in [-0.25, -0.2) is 4.79 Å². The summed E-state index contributed by atoms with van der Waals surface area (Å²) < 4.78 is 37.5. The van der Waals surface area contributed by atoms with Crippen molar-refractivity contribution in [3.05, 3.63) is 65.7 Å². The molecule has 0 aliphatic carbocycles. The number of unbranched alkanes of at least 4 members (excludes halogenated alkanes) is 1. The Morgan fingerprint density at radius 2 is 1.52 bits per heavy atom. The van der Waals surface area contributed by atoms with Crippen molar-refractivity contribution in [3.63, 3.8) is 0 Å². The van der Waals surface area contributed by atoms with E-state index in [0.29, 0.717) is 13.1 Å². The van der Waals surface area contributed by atoms with Gasteiger partial charge in [0.1, 0.15) is 5.75 Å². The Balaban J connectivity index is 0.000000592. The van der Waals surface area contributed by atoms with Crippen LogP contribution in [0.3, 0.4) is 0 Å². The lowest BCUT2D eigenvalue weighted by atomic mass is 10.1. The number of carbonyl (C=O) groups is 2. The molecule has 0 aliphatic rings. The topological polar surface area (TPSA) is 95.9 Å². The van der Waals surface area contributed by atoms with Crippen LogP contribution in [0.5, 0.6) is 5.75 Å². The van der Waals surface area contributed by atoms with E-state index in [1.54, 1.807) is 0 Å². The summed E-state index contributed by atoms with van der Waals surface area (Å²) in [4.78, 5) is 19.3. The zero-order valence-corrected chi connectivity index (χ0v) is 16.9. The van der Waals surface area contributed by atoms with Crippen molar-refractivity contribution in [2.24, 2.45) is 0 Å². The second kappa shape index (κ2) is 14.0. The molecule has 2 aromatic rings. The quantitative estimate of drug-likeness (QED) is 0.451. The van der Waals surface area contributed by atoms with Gasteiger partial charge in [-0.1, -0.05) is 42.5 Å². The highest BCUT2D eigenvalue weighted by atomic mass is 19.4. The van der Waals surface area contributed by atoms with Gasteiger partial charge in [-0.3, -0.25) is 4.79 Å². The number of carboxylic acids is 2. The predicted molar refractivity (Wildman–Crippen MR) is 109 cm³/mol. The van der Waals surface area contributed by atoms with E-state index in [4.69, 9.17) is 19.7 Å². The minimum atomic E-state index is -5.08. The molecule has 0 saturated heterocycles. The summed E-state index contributed by atoms with van der Waals surface area (Å²) in [5.74, 6) is -2.66. The molecule has 0 spiro atoms. The van der Waals surface area contributed by atoms with Crippen molar-refractivity contribution in [1.29, 1.82) is 0 Å². The molecule has 0 saturated carbocycles. The molecule has 31 heavy (non-hydrogen) atoms. The maximum atomic E-state index is 10.6. The number of aryl methyl sites for hydroxylation is 1. The summed E-state index contributed by atoms with van der Waals surface area (Å²) in [5.41, 5.74) is 2.49. The molecule has 6 nitrogen and oxygen atoms in total. The van der Waals surface area contributed by atoms with Crippen molar-refractivity contribution >= 4 is 11.9 Å². The lowest BCUT2D eigenvalue weighted by Gasteiger charge is -2.08. The third-order valence-corrected chi connectivity index (χ3v) is 3.98. The van der Waals surface area contributed by atoms with Gasteiger partial charge in [0, 0.05) is 13.1 Å². The number of rotatable bonds is 11. The Labute approximate surface area is 178 Å². The van der Waals surface area contributed by atoms with E-state index in [1.165, 1.54) is 5.56 Å². The molecule has 0 unspecified atom stereocenters. The van der Waals surface area contributed by atoms with Crippen LogP contribution in [0.1, 0.15) is 30.4 Å². The highest BCUT2D eigenvalue weighted by Gasteiger charge is 2.38. The van der Waals surface area contributed by atoms with Crippen LogP contribution in [0.15, 0.2) is 54.6 Å². The van der Waals surface area contributed by atoms with E-state index >= 15 is 0 Å². The Morgan fingerprint density at radius 1 is 0.903 bits per heavy atom. The van der Waals surface area contributed by atoms with Crippen molar-refractivity contribution in [1.82, 2.24) is 5.32 Å². The zero-order valence-electron chi connectivity index (χ0n) is 16.9. The molecule has 0 amide bonds. The summed E-state index contributed by atoms with van der Waals surface area (Å²) in [6.07, 6.45) is -1.70. The van der Waals surface area contributed by atoms with Gasteiger partial charge in [-0.15, -0.1) is 0 Å². The first-order valence-electron chi connectivity index (χ1n) is 9.67. The van der Waals surface area contributed by atoms with Crippen molar-refractivity contribution in [3.8, 4) is 5.75 Å². The first kappa shape index (κ1) is 26.0. The van der Waals surface area contributed by atoms with E-state index < -0.39 is 18.1 Å². The number of carboxylic acid groups (broad SMARTS) is 2. The Morgan fingerprint density at radius 3 is 2.06 bits per heavy atom. The standard InChI is InChI=1S/C20H25NO3.C2HF3O2/c22-20(23)13-14-21-16-18-9-11-19(12-10-18)24-15-5-4-8-17-6-2-1-3-7-17;3-2(4,5)1(6)7/h1-3,6-7,9-12,21H,4-5,8,13-16H2,(H,22,23);(H,6,7). The maximum Gasteiger partial charge on any atom is 0.490 e. The highest BCUT2D eigenvalue weighted by Crippen LogP contribution is 2.14. The number of ether oxygens (including phenoxy) is 1. The summed E-state index contributed by atoms with van der Waals surface area (Å²) in [5, 5.41) is 18.8. The fraction of sp³-hybridized carbons (Fsp3) is 0.364. The molecule has 0 atom stereocenters. The monoisotopic (exact) mass is 441 g/mol. The van der Waals surface area contributed by atoms with E-state index in [-0.39, 0.29) is 6.42 Å². The maximum absolute atomic E-state index is 10.6. The van der Waals surface area contributed by atoms with Crippen LogP contribution in [0.25, 0.3) is 0 Å². The Kier molecular flexibility index (Phi) is 11.7. The Hall–Kier alpha value is -3.07. The van der Waals surface area contributed by atoms with Crippen molar-refractivity contribution < 1.29 is 37.7 Å². The van der Waals surface area contributed by atoms with Gasteiger partial charge in [0.25, 0.3) is 0 Å². The fourth-order valence-corrected chi connectivity index (χ4v) is 2.40. The van der Waals surface area contributed by atoms with Crippen LogP contribution < -0.4 is 10.1 Å². The largest absolute Gasteiger partial charge is 0.494 e. The SMILES string of the molecule is O=C(O)C(F)(F)F.O=C(O)CCNCc1ccc(OCCCCc2ccccc2)cc1. The summed E-state index contributed by atoms with van der Waals surface area (Å²) in [7, 11) is 0. The molecule has 0 aliphatic heterocycles. The second-order valence-electron chi connectivity index (χ2n) is 6.56. The number of benzene rings is 2. The molecule has 0 aromatic heterocycles. The number of halogens is 3. The van der Waals surface area contributed by atoms with Crippen LogP contribution in [-0.2, 0) is 22.6 Å². The third kappa shape index (κ3) is 13.0. The smallest absolute Gasteiger partial charge is 0.490 e. The number of hydrogen-bond acceptors (Lipinski definition) is 4. The van der Waals surface area contributed by atoms with E-state index in [0.717, 1.165) is 37.2 Å². The number of nitrogens with one attached hydrogen (secondary N) is 1. The lowest BCUT2D eigenvalue weighted by molar-refractivity contribution is -0.192. The van der Waals surface area contributed by atoms with Gasteiger partial charge < -0.3 is 20.3 Å². The predicted octanol–water partition coefficient (Wildman–Crippen LogP) is 4.29. The summed E-state index contributed by atoms with van der Waals surface area (Å²) in [6, 6.07) is 18.4. The van der Waals surface area contributed by atoms with Gasteiger partial charge in [-0.2, -0.15) is 13.2 Å². The average Bonchev–Trinajstić information content (AvgIpc) is 2.72. The normalized spacial score (nSPS) is 10.7. The minimum absolute atomic E-state index is 0.143. The van der Waals surface area contributed by atoms with Crippen molar-refractivity contribution in [2.45, 2.75) is 38.4 Å². The number of hydrogen-bond donors (Lipinski definition) is 3. The van der Waals surface area contributed by atoms with Gasteiger partial charge in [-0.05, 0) is 42.5 Å². The molecule has 0 radical (unpaired) electrons. The number of alkyl halides is 3. The summed E-state index contributed by atoms with van der Waals surface area (Å²) >= 11 is 0. The van der Waals surface area contributed by atoms with E-state index in [9.17, 15) is 18.0 Å². The fourth-order valence-electron chi connectivity index (χ4n) is 2.40. The molecule has 0 fully saturated rings. The van der Waals surface area contributed by atoms with Gasteiger partial charge in [0.15, 0.2) is 0 Å². The Bertz CT molecular complexity index is 780. The highest BCUT2D eigenvalue weighted by molar-refractivity contribution is 5.73. The molecule has 3 N–H and O–H groups in total. The van der Waals surface area contributed by atoms with Crippen LogP contribution in [0, 0.1) is 0 Å². The third-order valence-electron chi connectivity index (χ3n) is 3.98. The molecule has 0 heterocycles. The van der Waals surface area contributed by atoms with Gasteiger partial charge in [0.05, 0.1) is 13.0 Å². The number of aliphatic carboxylic acids is 2. The van der Waals surface area contributed by atoms with E-state index in [2.05, 4.69) is 29.6 Å². The first-order chi connectivity index (χ1) is 14.7. The second-order valence-corrected chi connectivity index (χ2v) is 6.56. The molecule has 2 rings (SSSR count). The van der Waals surface area contributed by atoms with E-state index in [1.807, 2.05) is 30.3 Å². The zero-order chi connectivity index (χ0) is 23.1. The lowest BCUT2D eigenvalue weighted by Crippen LogP contribution is -2.21. The summed E-state index contributed by atoms with van der Waals surface area (Å²) in [6.45, 7) is 1.88. The van der Waals surface area contributed by atoms with Crippen LogP contribution >= 0.6 is 0 Å². The van der Waals surface area contributed by atoms with Gasteiger partial charge >= 0.3 is 18.1 Å². The van der Waals surface area contributed by atoms with Gasteiger partial charge in [0.2, 0.25) is 0 Å². The molecule has 170 valence electrons.